The molecule has 0 saturated heterocycles. The fourth-order valence-electron chi connectivity index (χ4n) is 3.51. The lowest BCUT2D eigenvalue weighted by atomic mass is 9.86. The van der Waals surface area contributed by atoms with Crippen molar-refractivity contribution in [2.24, 2.45) is 5.92 Å². The van der Waals surface area contributed by atoms with Gasteiger partial charge >= 0.3 is 5.97 Å². The fourth-order valence-corrected chi connectivity index (χ4v) is 3.51. The summed E-state index contributed by atoms with van der Waals surface area (Å²) in [6.45, 7) is 1.95. The van der Waals surface area contributed by atoms with Gasteiger partial charge in [0, 0.05) is 17.3 Å². The van der Waals surface area contributed by atoms with Gasteiger partial charge in [0.15, 0.2) is 0 Å². The molecule has 1 aromatic rings. The van der Waals surface area contributed by atoms with Crippen LogP contribution in [0.3, 0.4) is 0 Å². The van der Waals surface area contributed by atoms with Crippen molar-refractivity contribution in [1.82, 2.24) is 9.97 Å². The summed E-state index contributed by atoms with van der Waals surface area (Å²) >= 11 is 0. The molecule has 1 saturated carbocycles. The van der Waals surface area contributed by atoms with Crippen LogP contribution in [0.2, 0.25) is 0 Å². The normalized spacial score (nSPS) is 25.2. The summed E-state index contributed by atoms with van der Waals surface area (Å²) in [6.07, 6.45) is 7.89. The highest BCUT2D eigenvalue weighted by molar-refractivity contribution is 5.70. The van der Waals surface area contributed by atoms with Crippen LogP contribution in [-0.4, -0.2) is 27.1 Å². The molecule has 1 fully saturated rings. The van der Waals surface area contributed by atoms with E-state index in [1.165, 1.54) is 24.1 Å². The highest BCUT2D eigenvalue weighted by Gasteiger charge is 2.27. The lowest BCUT2D eigenvalue weighted by Crippen LogP contribution is -2.30. The molecule has 5 nitrogen and oxygen atoms in total. The number of carboxylic acids is 1. The van der Waals surface area contributed by atoms with Gasteiger partial charge < -0.3 is 10.4 Å². The van der Waals surface area contributed by atoms with E-state index < -0.39 is 5.97 Å². The van der Waals surface area contributed by atoms with Crippen molar-refractivity contribution in [3.63, 3.8) is 0 Å². The molecular formula is C16H23N3O2. The quantitative estimate of drug-likeness (QED) is 0.895. The maximum absolute atomic E-state index is 11.0. The first-order valence-corrected chi connectivity index (χ1v) is 7.99. The molecule has 114 valence electrons. The largest absolute Gasteiger partial charge is 0.481 e. The number of anilines is 1. The monoisotopic (exact) mass is 289 g/mol. The number of nitrogens with zero attached hydrogens (tertiary/aromatic N) is 2. The number of fused-ring (bicyclic) bond motifs is 1. The third kappa shape index (κ3) is 3.17. The topological polar surface area (TPSA) is 75.1 Å². The lowest BCUT2D eigenvalue weighted by molar-refractivity contribution is -0.142. The van der Waals surface area contributed by atoms with Gasteiger partial charge in [0.25, 0.3) is 0 Å². The zero-order valence-electron chi connectivity index (χ0n) is 12.6. The summed E-state index contributed by atoms with van der Waals surface area (Å²) in [6, 6.07) is 0.348. The van der Waals surface area contributed by atoms with Crippen molar-refractivity contribution in [2.45, 2.75) is 64.3 Å². The van der Waals surface area contributed by atoms with Crippen molar-refractivity contribution in [2.75, 3.05) is 5.32 Å². The summed E-state index contributed by atoms with van der Waals surface area (Å²) in [7, 11) is 0. The van der Waals surface area contributed by atoms with Gasteiger partial charge in [0.05, 0.1) is 5.92 Å². The predicted molar refractivity (Wildman–Crippen MR) is 80.4 cm³/mol. The molecular weight excluding hydrogens is 266 g/mol. The van der Waals surface area contributed by atoms with E-state index in [1.54, 1.807) is 0 Å². The first-order valence-electron chi connectivity index (χ1n) is 7.99. The Labute approximate surface area is 125 Å². The zero-order chi connectivity index (χ0) is 14.8. The van der Waals surface area contributed by atoms with Gasteiger partial charge in [-0.05, 0) is 58.3 Å². The van der Waals surface area contributed by atoms with Crippen molar-refractivity contribution in [3.8, 4) is 0 Å². The zero-order valence-corrected chi connectivity index (χ0v) is 12.6. The Balaban J connectivity index is 1.71. The van der Waals surface area contributed by atoms with Gasteiger partial charge in [0.1, 0.15) is 11.6 Å². The summed E-state index contributed by atoms with van der Waals surface area (Å²) < 4.78 is 0. The number of aryl methyl sites for hydroxylation is 2. The average molecular weight is 289 g/mol. The van der Waals surface area contributed by atoms with E-state index >= 15 is 0 Å². The Hall–Kier alpha value is -1.65. The van der Waals surface area contributed by atoms with Gasteiger partial charge in [-0.15, -0.1) is 0 Å². The number of hydrogen-bond acceptors (Lipinski definition) is 4. The highest BCUT2D eigenvalue weighted by Crippen LogP contribution is 2.30. The van der Waals surface area contributed by atoms with Crippen molar-refractivity contribution < 1.29 is 9.90 Å². The van der Waals surface area contributed by atoms with Crippen LogP contribution in [0.4, 0.5) is 5.82 Å². The number of carbonyl (C=O) groups is 1. The molecule has 0 bridgehead atoms. The SMILES string of the molecule is Cc1nc2c(c(NC3CCC(C(=O)O)CC3)n1)CCCC2. The smallest absolute Gasteiger partial charge is 0.306 e. The van der Waals surface area contributed by atoms with Gasteiger partial charge in [-0.1, -0.05) is 0 Å². The first kappa shape index (κ1) is 14.3. The third-order valence-corrected chi connectivity index (χ3v) is 4.71. The van der Waals surface area contributed by atoms with Crippen molar-refractivity contribution in [3.05, 3.63) is 17.1 Å². The summed E-state index contributed by atoms with van der Waals surface area (Å²) in [5, 5.41) is 12.6. The molecule has 0 atom stereocenters. The van der Waals surface area contributed by atoms with E-state index in [4.69, 9.17) is 5.11 Å². The molecule has 5 heteroatoms. The molecule has 0 unspecified atom stereocenters. The van der Waals surface area contributed by atoms with E-state index in [1.807, 2.05) is 6.92 Å². The second-order valence-corrected chi connectivity index (χ2v) is 6.28. The Kier molecular flexibility index (Phi) is 4.08. The Bertz CT molecular complexity index is 537. The summed E-state index contributed by atoms with van der Waals surface area (Å²) in [5.74, 6) is 1.01. The van der Waals surface area contributed by atoms with Crippen LogP contribution in [0.5, 0.6) is 0 Å². The van der Waals surface area contributed by atoms with Gasteiger partial charge in [0.2, 0.25) is 0 Å². The minimum Gasteiger partial charge on any atom is -0.481 e. The van der Waals surface area contributed by atoms with Crippen LogP contribution in [0, 0.1) is 12.8 Å². The highest BCUT2D eigenvalue weighted by atomic mass is 16.4. The number of aromatic nitrogens is 2. The Morgan fingerprint density at radius 2 is 1.86 bits per heavy atom. The summed E-state index contributed by atoms with van der Waals surface area (Å²) in [5.41, 5.74) is 2.49. The third-order valence-electron chi connectivity index (χ3n) is 4.71. The maximum Gasteiger partial charge on any atom is 0.306 e. The van der Waals surface area contributed by atoms with Crippen LogP contribution in [0.25, 0.3) is 0 Å². The molecule has 2 N–H and O–H groups in total. The molecule has 0 amide bonds. The predicted octanol–water partition coefficient (Wildman–Crippen LogP) is 2.72. The molecule has 1 heterocycles. The fraction of sp³-hybridized carbons (Fsp3) is 0.688. The van der Waals surface area contributed by atoms with E-state index in [0.717, 1.165) is 50.2 Å². The van der Waals surface area contributed by atoms with E-state index in [0.29, 0.717) is 6.04 Å². The molecule has 2 aliphatic rings. The van der Waals surface area contributed by atoms with Gasteiger partial charge in [-0.2, -0.15) is 0 Å². The number of aliphatic carboxylic acids is 1. The number of carboxylic acid groups (broad SMARTS) is 1. The molecule has 0 aromatic carbocycles. The molecule has 2 aliphatic carbocycles. The molecule has 0 radical (unpaired) electrons. The van der Waals surface area contributed by atoms with E-state index in [9.17, 15) is 4.79 Å². The van der Waals surface area contributed by atoms with Crippen LogP contribution in [0.1, 0.15) is 55.6 Å². The second-order valence-electron chi connectivity index (χ2n) is 6.28. The van der Waals surface area contributed by atoms with Gasteiger partial charge in [-0.25, -0.2) is 9.97 Å². The average Bonchev–Trinajstić information content (AvgIpc) is 2.47. The summed E-state index contributed by atoms with van der Waals surface area (Å²) in [4.78, 5) is 20.2. The molecule has 0 aliphatic heterocycles. The maximum atomic E-state index is 11.0. The van der Waals surface area contributed by atoms with Crippen molar-refractivity contribution in [1.29, 1.82) is 0 Å². The molecule has 3 rings (SSSR count). The lowest BCUT2D eigenvalue weighted by Gasteiger charge is -2.29. The van der Waals surface area contributed by atoms with Crippen LogP contribution >= 0.6 is 0 Å². The van der Waals surface area contributed by atoms with E-state index in [-0.39, 0.29) is 5.92 Å². The standard InChI is InChI=1S/C16H23N3O2/c1-10-17-14-5-3-2-4-13(14)15(18-10)19-12-8-6-11(7-9-12)16(20)21/h11-12H,2-9H2,1H3,(H,20,21)(H,17,18,19). The molecule has 21 heavy (non-hydrogen) atoms. The van der Waals surface area contributed by atoms with Crippen LogP contribution < -0.4 is 5.32 Å². The van der Waals surface area contributed by atoms with E-state index in [2.05, 4.69) is 15.3 Å². The Morgan fingerprint density at radius 3 is 2.57 bits per heavy atom. The second kappa shape index (κ2) is 6.00. The van der Waals surface area contributed by atoms with Crippen LogP contribution in [0.15, 0.2) is 0 Å². The first-order chi connectivity index (χ1) is 10.1. The van der Waals surface area contributed by atoms with Crippen molar-refractivity contribution >= 4 is 11.8 Å². The minimum absolute atomic E-state index is 0.163. The Morgan fingerprint density at radius 1 is 1.14 bits per heavy atom. The number of hydrogen-bond donors (Lipinski definition) is 2. The molecule has 1 aromatic heterocycles. The number of nitrogens with one attached hydrogen (secondary N) is 1. The van der Waals surface area contributed by atoms with Gasteiger partial charge in [-0.3, -0.25) is 4.79 Å². The molecule has 0 spiro atoms. The minimum atomic E-state index is -0.649. The number of rotatable bonds is 3. The van der Waals surface area contributed by atoms with Crippen LogP contribution in [-0.2, 0) is 17.6 Å².